The van der Waals surface area contributed by atoms with E-state index in [-0.39, 0.29) is 22.7 Å². The number of nitrogens with zero attached hydrogens (tertiary/aromatic N) is 2. The van der Waals surface area contributed by atoms with Crippen molar-refractivity contribution in [2.75, 3.05) is 27.9 Å². The largest absolute Gasteiger partial charge is 0.507 e. The van der Waals surface area contributed by atoms with Crippen molar-refractivity contribution in [1.29, 1.82) is 5.26 Å². The summed E-state index contributed by atoms with van der Waals surface area (Å²) < 4.78 is 20.7. The van der Waals surface area contributed by atoms with Crippen LogP contribution in [0.2, 0.25) is 0 Å². The van der Waals surface area contributed by atoms with Crippen molar-refractivity contribution >= 4 is 22.6 Å². The SMILES string of the molecule is COc1cc(OC)c(C(=O)OCC(O)=C(C#N)c2nc3ccccc3[nH]2)cc1OC. The number of H-pyrrole nitrogens is 1. The number of carbonyl (C=O) groups is 1. The molecule has 9 heteroatoms. The molecule has 2 N–H and O–H groups in total. The summed E-state index contributed by atoms with van der Waals surface area (Å²) in [5.74, 6) is -0.143. The minimum Gasteiger partial charge on any atom is -0.507 e. The number of carbonyl (C=O) groups excluding carboxylic acids is 1. The molecule has 0 aliphatic rings. The van der Waals surface area contributed by atoms with Crippen molar-refractivity contribution < 1.29 is 28.8 Å². The van der Waals surface area contributed by atoms with Crippen LogP contribution in [0.1, 0.15) is 16.2 Å². The van der Waals surface area contributed by atoms with E-state index in [2.05, 4.69) is 9.97 Å². The Labute approximate surface area is 172 Å². The highest BCUT2D eigenvalue weighted by Gasteiger charge is 2.21. The molecule has 0 spiro atoms. The molecule has 0 amide bonds. The van der Waals surface area contributed by atoms with Gasteiger partial charge in [0, 0.05) is 12.1 Å². The first-order chi connectivity index (χ1) is 14.5. The van der Waals surface area contributed by atoms with Gasteiger partial charge in [-0.15, -0.1) is 0 Å². The number of para-hydroxylation sites is 2. The van der Waals surface area contributed by atoms with Crippen LogP contribution in [0.4, 0.5) is 0 Å². The zero-order valence-electron chi connectivity index (χ0n) is 16.6. The molecule has 1 heterocycles. The molecule has 9 nitrogen and oxygen atoms in total. The Morgan fingerprint density at radius 3 is 2.40 bits per heavy atom. The number of hydrogen-bond acceptors (Lipinski definition) is 8. The first-order valence-corrected chi connectivity index (χ1v) is 8.76. The van der Waals surface area contributed by atoms with Gasteiger partial charge in [-0.25, -0.2) is 9.78 Å². The van der Waals surface area contributed by atoms with Crippen LogP contribution in [-0.4, -0.2) is 49.0 Å². The average Bonchev–Trinajstić information content (AvgIpc) is 3.20. The van der Waals surface area contributed by atoms with E-state index in [1.54, 1.807) is 18.2 Å². The van der Waals surface area contributed by atoms with Gasteiger partial charge in [0.25, 0.3) is 0 Å². The molecule has 0 radical (unpaired) electrons. The number of imidazole rings is 1. The number of benzene rings is 2. The maximum absolute atomic E-state index is 12.5. The summed E-state index contributed by atoms with van der Waals surface area (Å²) in [7, 11) is 4.28. The molecule has 3 aromatic rings. The van der Waals surface area contributed by atoms with Crippen LogP contribution in [0.15, 0.2) is 42.2 Å². The molecule has 0 unspecified atom stereocenters. The number of aromatic amines is 1. The number of methoxy groups -OCH3 is 3. The average molecular weight is 409 g/mol. The molecule has 0 saturated carbocycles. The summed E-state index contributed by atoms with van der Waals surface area (Å²) >= 11 is 0. The predicted molar refractivity (Wildman–Crippen MR) is 108 cm³/mol. The van der Waals surface area contributed by atoms with Gasteiger partial charge in [0.2, 0.25) is 0 Å². The summed E-state index contributed by atoms with van der Waals surface area (Å²) in [5, 5.41) is 19.8. The molecular formula is C21H19N3O6. The molecule has 0 atom stereocenters. The molecule has 30 heavy (non-hydrogen) atoms. The Morgan fingerprint density at radius 1 is 1.10 bits per heavy atom. The van der Waals surface area contributed by atoms with Crippen LogP contribution < -0.4 is 14.2 Å². The third kappa shape index (κ3) is 3.98. The predicted octanol–water partition coefficient (Wildman–Crippen LogP) is 3.24. The molecule has 0 bridgehead atoms. The van der Waals surface area contributed by atoms with Crippen molar-refractivity contribution in [3.8, 4) is 23.3 Å². The molecule has 0 aliphatic heterocycles. The van der Waals surface area contributed by atoms with Crippen molar-refractivity contribution in [2.24, 2.45) is 0 Å². The molecule has 0 saturated heterocycles. The summed E-state index contributed by atoms with van der Waals surface area (Å²) in [5.41, 5.74) is 1.30. The van der Waals surface area contributed by atoms with Crippen molar-refractivity contribution in [1.82, 2.24) is 9.97 Å². The van der Waals surface area contributed by atoms with E-state index < -0.39 is 18.3 Å². The second kappa shape index (κ2) is 8.87. The van der Waals surface area contributed by atoms with E-state index in [0.29, 0.717) is 22.5 Å². The highest BCUT2D eigenvalue weighted by atomic mass is 16.5. The molecule has 3 rings (SSSR count). The number of rotatable bonds is 7. The molecular weight excluding hydrogens is 390 g/mol. The third-order valence-electron chi connectivity index (χ3n) is 4.29. The van der Waals surface area contributed by atoms with Gasteiger partial charge in [0.1, 0.15) is 29.6 Å². The summed E-state index contributed by atoms with van der Waals surface area (Å²) in [6.45, 7) is -0.531. The highest BCUT2D eigenvalue weighted by molar-refractivity contribution is 5.94. The zero-order chi connectivity index (χ0) is 21.7. The lowest BCUT2D eigenvalue weighted by Crippen LogP contribution is -2.11. The molecule has 2 aromatic carbocycles. The second-order valence-corrected chi connectivity index (χ2v) is 6.02. The van der Waals surface area contributed by atoms with Crippen LogP contribution in [-0.2, 0) is 4.74 Å². The number of fused-ring (bicyclic) bond motifs is 1. The van der Waals surface area contributed by atoms with E-state index >= 15 is 0 Å². The summed E-state index contributed by atoms with van der Waals surface area (Å²) in [6, 6.07) is 12.0. The van der Waals surface area contributed by atoms with Gasteiger partial charge in [0.15, 0.2) is 23.1 Å². The topological polar surface area (TPSA) is 127 Å². The van der Waals surface area contributed by atoms with E-state index in [9.17, 15) is 15.2 Å². The lowest BCUT2D eigenvalue weighted by Gasteiger charge is -2.13. The van der Waals surface area contributed by atoms with E-state index in [0.717, 1.165) is 0 Å². The van der Waals surface area contributed by atoms with Crippen molar-refractivity contribution in [3.05, 3.63) is 53.5 Å². The van der Waals surface area contributed by atoms with Crippen LogP contribution in [0, 0.1) is 11.3 Å². The van der Waals surface area contributed by atoms with Gasteiger partial charge in [-0.1, -0.05) is 12.1 Å². The lowest BCUT2D eigenvalue weighted by atomic mass is 10.1. The maximum Gasteiger partial charge on any atom is 0.342 e. The fourth-order valence-electron chi connectivity index (χ4n) is 2.80. The van der Waals surface area contributed by atoms with Gasteiger partial charge < -0.3 is 29.0 Å². The van der Waals surface area contributed by atoms with Gasteiger partial charge >= 0.3 is 5.97 Å². The van der Waals surface area contributed by atoms with Gasteiger partial charge in [-0.3, -0.25) is 0 Å². The van der Waals surface area contributed by atoms with Gasteiger partial charge in [-0.05, 0) is 12.1 Å². The van der Waals surface area contributed by atoms with Crippen molar-refractivity contribution in [2.45, 2.75) is 0 Å². The number of esters is 1. The van der Waals surface area contributed by atoms with E-state index in [1.807, 2.05) is 12.1 Å². The summed E-state index contributed by atoms with van der Waals surface area (Å²) in [6.07, 6.45) is 0. The Bertz CT molecular complexity index is 1130. The molecule has 154 valence electrons. The first-order valence-electron chi connectivity index (χ1n) is 8.76. The Balaban J connectivity index is 1.84. The molecule has 0 aliphatic carbocycles. The molecule has 0 fully saturated rings. The van der Waals surface area contributed by atoms with Crippen LogP contribution >= 0.6 is 0 Å². The smallest absolute Gasteiger partial charge is 0.342 e. The third-order valence-corrected chi connectivity index (χ3v) is 4.29. The Kier molecular flexibility index (Phi) is 6.08. The van der Waals surface area contributed by atoms with Crippen LogP contribution in [0.3, 0.4) is 0 Å². The van der Waals surface area contributed by atoms with Crippen molar-refractivity contribution in [3.63, 3.8) is 0 Å². The standard InChI is InChI=1S/C21H19N3O6/c1-27-17-9-19(29-3)18(28-2)8-12(17)21(26)30-11-16(25)13(10-22)20-23-14-6-4-5-7-15(14)24-20/h4-9,25H,11H2,1-3H3,(H,23,24). The molecule has 1 aromatic heterocycles. The number of nitrogens with one attached hydrogen (secondary N) is 1. The van der Waals surface area contributed by atoms with Crippen LogP contribution in [0.5, 0.6) is 17.2 Å². The minimum atomic E-state index is -0.777. The Morgan fingerprint density at radius 2 is 1.77 bits per heavy atom. The fraction of sp³-hybridized carbons (Fsp3) is 0.190. The Hall–Kier alpha value is -4.19. The van der Waals surface area contributed by atoms with E-state index in [1.165, 1.54) is 33.5 Å². The van der Waals surface area contributed by atoms with Gasteiger partial charge in [-0.2, -0.15) is 5.26 Å². The minimum absolute atomic E-state index is 0.0743. The number of aliphatic hydroxyl groups is 1. The second-order valence-electron chi connectivity index (χ2n) is 6.02. The first kappa shape index (κ1) is 20.5. The number of hydrogen-bond donors (Lipinski definition) is 2. The van der Waals surface area contributed by atoms with E-state index in [4.69, 9.17) is 18.9 Å². The van der Waals surface area contributed by atoms with Gasteiger partial charge in [0.05, 0.1) is 32.4 Å². The van der Waals surface area contributed by atoms with Crippen LogP contribution in [0.25, 0.3) is 16.6 Å². The monoisotopic (exact) mass is 409 g/mol. The number of aromatic nitrogens is 2. The maximum atomic E-state index is 12.5. The number of allylic oxidation sites excluding steroid dienone is 1. The quantitative estimate of drug-likeness (QED) is 0.346. The zero-order valence-corrected chi connectivity index (χ0v) is 16.6. The lowest BCUT2D eigenvalue weighted by molar-refractivity contribution is 0.0498. The normalized spacial score (nSPS) is 11.4. The number of aliphatic hydroxyl groups excluding tert-OH is 1. The highest BCUT2D eigenvalue weighted by Crippen LogP contribution is 2.35. The summed E-state index contributed by atoms with van der Waals surface area (Å²) in [4.78, 5) is 19.8. The number of ether oxygens (including phenoxy) is 4. The fourth-order valence-corrected chi connectivity index (χ4v) is 2.80. The number of nitriles is 1.